The van der Waals surface area contributed by atoms with Gasteiger partial charge >= 0.3 is 5.97 Å². The fraction of sp³-hybridized carbons (Fsp3) is 0.467. The van der Waals surface area contributed by atoms with Crippen LogP contribution >= 0.6 is 0 Å². The van der Waals surface area contributed by atoms with Gasteiger partial charge in [-0.1, -0.05) is 6.07 Å². The summed E-state index contributed by atoms with van der Waals surface area (Å²) in [5, 5.41) is 2.70. The summed E-state index contributed by atoms with van der Waals surface area (Å²) < 4.78 is 32.6. The first kappa shape index (κ1) is 17.3. The van der Waals surface area contributed by atoms with Crippen molar-refractivity contribution >= 4 is 21.7 Å². The Morgan fingerprint density at radius 2 is 2.04 bits per heavy atom. The average molecular weight is 341 g/mol. The van der Waals surface area contributed by atoms with Gasteiger partial charge in [0, 0.05) is 6.54 Å². The van der Waals surface area contributed by atoms with E-state index in [0.29, 0.717) is 17.7 Å². The van der Waals surface area contributed by atoms with Crippen LogP contribution in [0.1, 0.15) is 22.3 Å². The molecule has 0 radical (unpaired) electrons. The summed E-state index contributed by atoms with van der Waals surface area (Å²) in [6.07, 6.45) is 0.351. The lowest BCUT2D eigenvalue weighted by atomic mass is 10.1. The van der Waals surface area contributed by atoms with Crippen molar-refractivity contribution in [2.75, 3.05) is 25.7 Å². The number of carbonyl (C=O) groups is 2. The second kappa shape index (κ2) is 6.99. The predicted molar refractivity (Wildman–Crippen MR) is 82.9 cm³/mol. The average Bonchev–Trinajstić information content (AvgIpc) is 2.91. The van der Waals surface area contributed by atoms with Crippen LogP contribution in [-0.2, 0) is 25.9 Å². The highest BCUT2D eigenvalue weighted by Crippen LogP contribution is 2.21. The second-order valence-electron chi connectivity index (χ2n) is 5.34. The van der Waals surface area contributed by atoms with Crippen molar-refractivity contribution in [1.29, 1.82) is 0 Å². The number of hydrogen-bond acceptors (Lipinski definition) is 6. The van der Waals surface area contributed by atoms with Crippen LogP contribution in [0.5, 0.6) is 5.75 Å². The number of hydrogen-bond donors (Lipinski definition) is 1. The van der Waals surface area contributed by atoms with Crippen molar-refractivity contribution in [3.8, 4) is 5.75 Å². The first-order valence-corrected chi connectivity index (χ1v) is 8.92. The van der Waals surface area contributed by atoms with Gasteiger partial charge in [0.1, 0.15) is 11.3 Å². The van der Waals surface area contributed by atoms with Crippen molar-refractivity contribution < 1.29 is 27.5 Å². The number of esters is 1. The van der Waals surface area contributed by atoms with Crippen molar-refractivity contribution in [1.82, 2.24) is 5.32 Å². The first-order valence-electron chi connectivity index (χ1n) is 7.09. The number of rotatable bonds is 5. The lowest BCUT2D eigenvalue weighted by Crippen LogP contribution is -2.31. The van der Waals surface area contributed by atoms with Crippen molar-refractivity contribution in [2.45, 2.75) is 13.0 Å². The topological polar surface area (TPSA) is 98.8 Å². The lowest BCUT2D eigenvalue weighted by Gasteiger charge is -2.12. The molecule has 0 saturated carbocycles. The van der Waals surface area contributed by atoms with Crippen molar-refractivity contribution in [3.63, 3.8) is 0 Å². The van der Waals surface area contributed by atoms with Gasteiger partial charge in [-0.25, -0.2) is 13.2 Å². The summed E-state index contributed by atoms with van der Waals surface area (Å²) >= 11 is 0. The van der Waals surface area contributed by atoms with E-state index in [1.165, 1.54) is 14.2 Å². The molecule has 1 atom stereocenters. The molecule has 23 heavy (non-hydrogen) atoms. The van der Waals surface area contributed by atoms with Gasteiger partial charge in [-0.05, 0) is 24.1 Å². The molecular weight excluding hydrogens is 322 g/mol. The predicted octanol–water partition coefficient (Wildman–Crippen LogP) is 0.533. The Morgan fingerprint density at radius 3 is 2.61 bits per heavy atom. The van der Waals surface area contributed by atoms with E-state index in [4.69, 9.17) is 9.47 Å². The summed E-state index contributed by atoms with van der Waals surface area (Å²) in [4.78, 5) is 23.7. The van der Waals surface area contributed by atoms with E-state index in [1.807, 2.05) is 0 Å². The van der Waals surface area contributed by atoms with Crippen LogP contribution < -0.4 is 10.1 Å². The molecule has 1 aliphatic heterocycles. The first-order chi connectivity index (χ1) is 10.9. The van der Waals surface area contributed by atoms with Gasteiger partial charge in [0.15, 0.2) is 9.84 Å². The maximum absolute atomic E-state index is 12.0. The normalized spacial score (nSPS) is 19.1. The molecule has 1 saturated heterocycles. The fourth-order valence-corrected chi connectivity index (χ4v) is 4.21. The summed E-state index contributed by atoms with van der Waals surface area (Å²) in [5.41, 5.74) is 0.964. The third-order valence-electron chi connectivity index (χ3n) is 3.74. The molecule has 1 fully saturated rings. The molecule has 0 spiro atoms. The number of methoxy groups -OCH3 is 2. The molecule has 7 nitrogen and oxygen atoms in total. The quantitative estimate of drug-likeness (QED) is 0.785. The van der Waals surface area contributed by atoms with E-state index in [0.717, 1.165) is 0 Å². The van der Waals surface area contributed by atoms with E-state index in [9.17, 15) is 18.0 Å². The van der Waals surface area contributed by atoms with Crippen LogP contribution in [0.2, 0.25) is 0 Å². The van der Waals surface area contributed by atoms with Gasteiger partial charge < -0.3 is 14.8 Å². The van der Waals surface area contributed by atoms with Crippen LogP contribution in [0.15, 0.2) is 18.2 Å². The van der Waals surface area contributed by atoms with E-state index >= 15 is 0 Å². The maximum Gasteiger partial charge on any atom is 0.341 e. The Hall–Kier alpha value is -2.09. The van der Waals surface area contributed by atoms with Gasteiger partial charge in [-0.15, -0.1) is 0 Å². The van der Waals surface area contributed by atoms with Crippen molar-refractivity contribution in [3.05, 3.63) is 29.3 Å². The zero-order valence-electron chi connectivity index (χ0n) is 13.0. The van der Waals surface area contributed by atoms with Crippen LogP contribution in [0.3, 0.4) is 0 Å². The zero-order chi connectivity index (χ0) is 17.0. The summed E-state index contributed by atoms with van der Waals surface area (Å²) in [6.45, 7) is 0.198. The summed E-state index contributed by atoms with van der Waals surface area (Å²) in [6, 6.07) is 4.92. The highest BCUT2D eigenvalue weighted by atomic mass is 32.2. The van der Waals surface area contributed by atoms with Crippen LogP contribution in [-0.4, -0.2) is 46.0 Å². The fourth-order valence-electron chi connectivity index (χ4n) is 2.47. The molecule has 1 aliphatic rings. The minimum atomic E-state index is -3.09. The SMILES string of the molecule is COC(=O)c1cc(CNC(=O)C2CCS(=O)(=O)C2)ccc1OC. The Bertz CT molecular complexity index is 713. The number of amides is 1. The number of carbonyl (C=O) groups excluding carboxylic acids is 2. The zero-order valence-corrected chi connectivity index (χ0v) is 13.8. The number of sulfone groups is 1. The molecule has 0 aromatic heterocycles. The van der Waals surface area contributed by atoms with Crippen molar-refractivity contribution in [2.24, 2.45) is 5.92 Å². The smallest absolute Gasteiger partial charge is 0.341 e. The summed E-state index contributed by atoms with van der Waals surface area (Å²) in [7, 11) is -0.370. The van der Waals surface area contributed by atoms with Gasteiger partial charge in [0.2, 0.25) is 5.91 Å². The number of ether oxygens (including phenoxy) is 2. The monoisotopic (exact) mass is 341 g/mol. The maximum atomic E-state index is 12.0. The molecule has 1 aromatic carbocycles. The van der Waals surface area contributed by atoms with Gasteiger partial charge in [0.25, 0.3) is 0 Å². The van der Waals surface area contributed by atoms with E-state index in [1.54, 1.807) is 18.2 Å². The highest BCUT2D eigenvalue weighted by molar-refractivity contribution is 7.91. The third-order valence-corrected chi connectivity index (χ3v) is 5.51. The molecule has 1 aromatic rings. The van der Waals surface area contributed by atoms with Gasteiger partial charge in [0.05, 0.1) is 31.6 Å². The molecular formula is C15H19NO6S. The number of benzene rings is 1. The van der Waals surface area contributed by atoms with Gasteiger partial charge in [-0.3, -0.25) is 4.79 Å². The molecule has 0 bridgehead atoms. The Balaban J connectivity index is 2.03. The Labute approximate surface area is 134 Å². The van der Waals surface area contributed by atoms with Crippen LogP contribution in [0.4, 0.5) is 0 Å². The van der Waals surface area contributed by atoms with Gasteiger partial charge in [-0.2, -0.15) is 0 Å². The summed E-state index contributed by atoms with van der Waals surface area (Å²) in [5.74, 6) is -0.986. The Morgan fingerprint density at radius 1 is 1.30 bits per heavy atom. The minimum Gasteiger partial charge on any atom is -0.496 e. The molecule has 126 valence electrons. The molecule has 2 rings (SSSR count). The molecule has 0 aliphatic carbocycles. The Kier molecular flexibility index (Phi) is 5.25. The van der Waals surface area contributed by atoms with E-state index in [-0.39, 0.29) is 29.5 Å². The van der Waals surface area contributed by atoms with Crippen LogP contribution in [0, 0.1) is 5.92 Å². The lowest BCUT2D eigenvalue weighted by molar-refractivity contribution is -0.124. The molecule has 1 heterocycles. The highest BCUT2D eigenvalue weighted by Gasteiger charge is 2.32. The third kappa shape index (κ3) is 4.22. The minimum absolute atomic E-state index is 0.0557. The molecule has 1 amide bonds. The number of nitrogens with one attached hydrogen (secondary N) is 1. The molecule has 8 heteroatoms. The van der Waals surface area contributed by atoms with E-state index in [2.05, 4.69) is 5.32 Å². The largest absolute Gasteiger partial charge is 0.496 e. The van der Waals surface area contributed by atoms with Crippen LogP contribution in [0.25, 0.3) is 0 Å². The molecule has 1 N–H and O–H groups in total. The molecule has 1 unspecified atom stereocenters. The second-order valence-corrected chi connectivity index (χ2v) is 7.57. The standard InChI is InChI=1S/C15H19NO6S/c1-21-13-4-3-10(7-12(13)15(18)22-2)8-16-14(17)11-5-6-23(19,20)9-11/h3-4,7,11H,5-6,8-9H2,1-2H3,(H,16,17). The van der Waals surface area contributed by atoms with E-state index < -0.39 is 21.7 Å².